The van der Waals surface area contributed by atoms with Crippen LogP contribution in [0.2, 0.25) is 0 Å². The lowest BCUT2D eigenvalue weighted by molar-refractivity contribution is -0.116. The Hall–Kier alpha value is -1.85. The summed E-state index contributed by atoms with van der Waals surface area (Å²) in [7, 11) is 1.68. The van der Waals surface area contributed by atoms with Crippen LogP contribution in [0.4, 0.5) is 5.82 Å². The van der Waals surface area contributed by atoms with Crippen LogP contribution in [0.15, 0.2) is 0 Å². The number of aromatic nitrogens is 2. The highest BCUT2D eigenvalue weighted by molar-refractivity contribution is 6.01. The first-order valence-electron chi connectivity index (χ1n) is 6.01. The van der Waals surface area contributed by atoms with E-state index in [9.17, 15) is 9.59 Å². The SMILES string of the molecule is CCCC(=O)Nc1c(C(=O)OCC)c(C)nn1C. The molecule has 1 N–H and O–H groups in total. The fourth-order valence-corrected chi connectivity index (χ4v) is 1.67. The Labute approximate surface area is 106 Å². The van der Waals surface area contributed by atoms with E-state index in [1.807, 2.05) is 6.92 Å². The summed E-state index contributed by atoms with van der Waals surface area (Å²) in [6, 6.07) is 0. The molecule has 6 nitrogen and oxygen atoms in total. The highest BCUT2D eigenvalue weighted by Gasteiger charge is 2.22. The van der Waals surface area contributed by atoms with Crippen molar-refractivity contribution < 1.29 is 14.3 Å². The molecule has 0 bridgehead atoms. The molecule has 1 amide bonds. The number of ether oxygens (including phenoxy) is 1. The molecule has 0 atom stereocenters. The first kappa shape index (κ1) is 14.2. The van der Waals surface area contributed by atoms with Gasteiger partial charge in [-0.15, -0.1) is 0 Å². The van der Waals surface area contributed by atoms with Crippen molar-refractivity contribution in [3.63, 3.8) is 0 Å². The average molecular weight is 253 g/mol. The summed E-state index contributed by atoms with van der Waals surface area (Å²) in [5.74, 6) is -0.203. The summed E-state index contributed by atoms with van der Waals surface area (Å²) >= 11 is 0. The maximum atomic E-state index is 11.8. The number of aryl methyl sites for hydroxylation is 2. The lowest BCUT2D eigenvalue weighted by Crippen LogP contribution is -2.17. The van der Waals surface area contributed by atoms with E-state index < -0.39 is 5.97 Å². The Morgan fingerprint density at radius 2 is 2.06 bits per heavy atom. The smallest absolute Gasteiger partial charge is 0.343 e. The minimum atomic E-state index is -0.463. The van der Waals surface area contributed by atoms with Crippen molar-refractivity contribution in [3.05, 3.63) is 11.3 Å². The van der Waals surface area contributed by atoms with Gasteiger partial charge in [-0.3, -0.25) is 9.48 Å². The van der Waals surface area contributed by atoms with Gasteiger partial charge in [-0.05, 0) is 20.3 Å². The van der Waals surface area contributed by atoms with Crippen LogP contribution in [0.3, 0.4) is 0 Å². The zero-order chi connectivity index (χ0) is 13.7. The number of nitrogens with one attached hydrogen (secondary N) is 1. The van der Waals surface area contributed by atoms with Crippen LogP contribution in [0.5, 0.6) is 0 Å². The van der Waals surface area contributed by atoms with Crippen LogP contribution in [0.25, 0.3) is 0 Å². The molecule has 0 spiro atoms. The number of hydrogen-bond donors (Lipinski definition) is 1. The Kier molecular flexibility index (Phi) is 4.88. The van der Waals surface area contributed by atoms with E-state index in [4.69, 9.17) is 4.74 Å². The number of amides is 1. The lowest BCUT2D eigenvalue weighted by atomic mass is 10.2. The molecule has 0 unspecified atom stereocenters. The van der Waals surface area contributed by atoms with Crippen LogP contribution in [0, 0.1) is 6.92 Å². The molecule has 6 heteroatoms. The van der Waals surface area contributed by atoms with Crippen LogP contribution in [-0.4, -0.2) is 28.3 Å². The summed E-state index contributed by atoms with van der Waals surface area (Å²) in [4.78, 5) is 23.4. The summed E-state index contributed by atoms with van der Waals surface area (Å²) in [5.41, 5.74) is 0.867. The number of anilines is 1. The molecule has 0 aromatic carbocycles. The zero-order valence-corrected chi connectivity index (χ0v) is 11.2. The Morgan fingerprint density at radius 1 is 1.39 bits per heavy atom. The third-order valence-corrected chi connectivity index (χ3v) is 2.44. The minimum absolute atomic E-state index is 0.133. The van der Waals surface area contributed by atoms with E-state index in [1.54, 1.807) is 20.9 Å². The number of carbonyl (C=O) groups is 2. The second-order valence-electron chi connectivity index (χ2n) is 3.95. The third kappa shape index (κ3) is 3.09. The molecule has 0 radical (unpaired) electrons. The Bertz CT molecular complexity index is 452. The highest BCUT2D eigenvalue weighted by atomic mass is 16.5. The van der Waals surface area contributed by atoms with Gasteiger partial charge in [0, 0.05) is 13.5 Å². The number of carbonyl (C=O) groups excluding carboxylic acids is 2. The molecular formula is C12H19N3O3. The maximum Gasteiger partial charge on any atom is 0.343 e. The normalized spacial score (nSPS) is 10.2. The van der Waals surface area contributed by atoms with Gasteiger partial charge in [0.1, 0.15) is 11.4 Å². The minimum Gasteiger partial charge on any atom is -0.462 e. The van der Waals surface area contributed by atoms with Crippen molar-refractivity contribution in [3.8, 4) is 0 Å². The molecule has 0 aliphatic carbocycles. The van der Waals surface area contributed by atoms with Gasteiger partial charge >= 0.3 is 5.97 Å². The average Bonchev–Trinajstić information content (AvgIpc) is 2.54. The Balaban J connectivity index is 3.02. The zero-order valence-electron chi connectivity index (χ0n) is 11.2. The van der Waals surface area contributed by atoms with Crippen LogP contribution >= 0.6 is 0 Å². The predicted molar refractivity (Wildman–Crippen MR) is 67.4 cm³/mol. The molecule has 18 heavy (non-hydrogen) atoms. The van der Waals surface area contributed by atoms with E-state index in [1.165, 1.54) is 4.68 Å². The van der Waals surface area contributed by atoms with Crippen LogP contribution < -0.4 is 5.32 Å². The Morgan fingerprint density at radius 3 is 2.61 bits per heavy atom. The molecule has 0 saturated carbocycles. The van der Waals surface area contributed by atoms with Crippen molar-refractivity contribution >= 4 is 17.7 Å². The van der Waals surface area contributed by atoms with Crippen LogP contribution in [-0.2, 0) is 16.6 Å². The van der Waals surface area contributed by atoms with Gasteiger partial charge in [-0.2, -0.15) is 5.10 Å². The molecule has 1 aromatic rings. The topological polar surface area (TPSA) is 73.2 Å². The van der Waals surface area contributed by atoms with Crippen LogP contribution in [0.1, 0.15) is 42.7 Å². The third-order valence-electron chi connectivity index (χ3n) is 2.44. The number of esters is 1. The maximum absolute atomic E-state index is 11.8. The van der Waals surface area contributed by atoms with Gasteiger partial charge in [0.05, 0.1) is 12.3 Å². The van der Waals surface area contributed by atoms with Gasteiger partial charge in [-0.1, -0.05) is 6.92 Å². The monoisotopic (exact) mass is 253 g/mol. The second kappa shape index (κ2) is 6.18. The summed E-state index contributed by atoms with van der Waals surface area (Å²) in [5, 5.41) is 6.83. The largest absolute Gasteiger partial charge is 0.462 e. The standard InChI is InChI=1S/C12H19N3O3/c1-5-7-9(16)13-11-10(12(17)18-6-2)8(3)14-15(11)4/h5-7H2,1-4H3,(H,13,16). The van der Waals surface area contributed by atoms with Gasteiger partial charge in [0.25, 0.3) is 0 Å². The molecule has 0 saturated heterocycles. The van der Waals surface area contributed by atoms with Crippen molar-refractivity contribution in [1.82, 2.24) is 9.78 Å². The first-order chi connectivity index (χ1) is 8.51. The van der Waals surface area contributed by atoms with E-state index in [-0.39, 0.29) is 12.5 Å². The van der Waals surface area contributed by atoms with Gasteiger partial charge in [0.15, 0.2) is 0 Å². The fourth-order valence-electron chi connectivity index (χ4n) is 1.67. The van der Waals surface area contributed by atoms with Crippen molar-refractivity contribution in [2.45, 2.75) is 33.6 Å². The molecule has 100 valence electrons. The number of hydrogen-bond acceptors (Lipinski definition) is 4. The van der Waals surface area contributed by atoms with Gasteiger partial charge in [-0.25, -0.2) is 4.79 Å². The highest BCUT2D eigenvalue weighted by Crippen LogP contribution is 2.20. The van der Waals surface area contributed by atoms with Gasteiger partial charge < -0.3 is 10.1 Å². The van der Waals surface area contributed by atoms with E-state index in [2.05, 4.69) is 10.4 Å². The number of nitrogens with zero attached hydrogens (tertiary/aromatic N) is 2. The molecule has 0 aliphatic heterocycles. The summed E-state index contributed by atoms with van der Waals surface area (Å²) in [6.45, 7) is 5.65. The van der Waals surface area contributed by atoms with E-state index >= 15 is 0 Å². The molecular weight excluding hydrogens is 234 g/mol. The van der Waals surface area contributed by atoms with E-state index in [0.717, 1.165) is 6.42 Å². The van der Waals surface area contributed by atoms with Crippen molar-refractivity contribution in [2.75, 3.05) is 11.9 Å². The summed E-state index contributed by atoms with van der Waals surface area (Å²) in [6.07, 6.45) is 1.16. The predicted octanol–water partition coefficient (Wildman–Crippen LogP) is 1.64. The van der Waals surface area contributed by atoms with Gasteiger partial charge in [0.2, 0.25) is 5.91 Å². The lowest BCUT2D eigenvalue weighted by Gasteiger charge is -2.07. The van der Waals surface area contributed by atoms with Crippen molar-refractivity contribution in [2.24, 2.45) is 7.05 Å². The number of rotatable bonds is 5. The van der Waals surface area contributed by atoms with Crippen molar-refractivity contribution in [1.29, 1.82) is 0 Å². The summed E-state index contributed by atoms with van der Waals surface area (Å²) < 4.78 is 6.44. The van der Waals surface area contributed by atoms with E-state index in [0.29, 0.717) is 23.5 Å². The molecule has 0 aliphatic rings. The molecule has 1 rings (SSSR count). The quantitative estimate of drug-likeness (QED) is 0.810. The molecule has 1 aromatic heterocycles. The molecule has 1 heterocycles. The molecule has 0 fully saturated rings. The second-order valence-corrected chi connectivity index (χ2v) is 3.95. The first-order valence-corrected chi connectivity index (χ1v) is 6.01. The fraction of sp³-hybridized carbons (Fsp3) is 0.583.